The molecule has 0 heterocycles. The molecule has 0 aliphatic rings. The number of hydrogen-bond acceptors (Lipinski definition) is 3. The molecule has 0 aliphatic carbocycles. The summed E-state index contributed by atoms with van der Waals surface area (Å²) < 4.78 is 0. The molecule has 16 heavy (non-hydrogen) atoms. The third-order valence-corrected chi connectivity index (χ3v) is 2.21. The van der Waals surface area contributed by atoms with E-state index in [9.17, 15) is 14.9 Å². The van der Waals surface area contributed by atoms with Gasteiger partial charge in [-0.05, 0) is 18.9 Å². The van der Waals surface area contributed by atoms with Gasteiger partial charge in [0.25, 0.3) is 11.6 Å². The zero-order chi connectivity index (χ0) is 12.1. The van der Waals surface area contributed by atoms with Gasteiger partial charge in [0.15, 0.2) is 0 Å². The number of nitro groups is 1. The van der Waals surface area contributed by atoms with E-state index >= 15 is 0 Å². The first-order chi connectivity index (χ1) is 7.56. The van der Waals surface area contributed by atoms with E-state index in [2.05, 4.69) is 5.32 Å². The lowest BCUT2D eigenvalue weighted by Crippen LogP contribution is -2.24. The number of nitrogens with one attached hydrogen (secondary N) is 1. The average molecular weight is 222 g/mol. The van der Waals surface area contributed by atoms with E-state index in [0.717, 1.165) is 12.0 Å². The molecular weight excluding hydrogens is 208 g/mol. The first kappa shape index (κ1) is 12.2. The van der Waals surface area contributed by atoms with Crippen molar-refractivity contribution in [1.82, 2.24) is 5.32 Å². The van der Waals surface area contributed by atoms with Crippen molar-refractivity contribution in [2.75, 3.05) is 6.54 Å². The fourth-order valence-electron chi connectivity index (χ4n) is 1.30. The first-order valence-corrected chi connectivity index (χ1v) is 5.09. The van der Waals surface area contributed by atoms with Crippen molar-refractivity contribution in [1.29, 1.82) is 0 Å². The van der Waals surface area contributed by atoms with Crippen LogP contribution in [0.2, 0.25) is 0 Å². The number of benzene rings is 1. The Morgan fingerprint density at radius 3 is 2.75 bits per heavy atom. The van der Waals surface area contributed by atoms with Crippen LogP contribution in [0.15, 0.2) is 18.2 Å². The van der Waals surface area contributed by atoms with Crippen LogP contribution in [0.4, 0.5) is 5.69 Å². The van der Waals surface area contributed by atoms with Gasteiger partial charge in [0, 0.05) is 24.2 Å². The van der Waals surface area contributed by atoms with Gasteiger partial charge in [0.1, 0.15) is 0 Å². The topological polar surface area (TPSA) is 72.2 Å². The second-order valence-electron chi connectivity index (χ2n) is 3.51. The minimum atomic E-state index is -0.504. The summed E-state index contributed by atoms with van der Waals surface area (Å²) in [5.74, 6) is -0.261. The zero-order valence-electron chi connectivity index (χ0n) is 9.32. The Balaban J connectivity index is 2.97. The van der Waals surface area contributed by atoms with Gasteiger partial charge in [-0.25, -0.2) is 0 Å². The smallest absolute Gasteiger partial charge is 0.270 e. The van der Waals surface area contributed by atoms with E-state index < -0.39 is 4.92 Å². The maximum Gasteiger partial charge on any atom is 0.270 e. The quantitative estimate of drug-likeness (QED) is 0.625. The molecule has 1 N–H and O–H groups in total. The predicted molar refractivity (Wildman–Crippen MR) is 60.5 cm³/mol. The molecule has 1 amide bonds. The Bertz CT molecular complexity index is 416. The SMILES string of the molecule is CCCNC(=O)c1cc([N+](=O)[O-])ccc1C. The van der Waals surface area contributed by atoms with Gasteiger partial charge in [-0.2, -0.15) is 0 Å². The highest BCUT2D eigenvalue weighted by molar-refractivity contribution is 5.96. The Morgan fingerprint density at radius 2 is 2.19 bits per heavy atom. The monoisotopic (exact) mass is 222 g/mol. The lowest BCUT2D eigenvalue weighted by atomic mass is 10.1. The Hall–Kier alpha value is -1.91. The predicted octanol–water partition coefficient (Wildman–Crippen LogP) is 2.04. The molecule has 1 aromatic rings. The molecule has 0 unspecified atom stereocenters. The van der Waals surface area contributed by atoms with Crippen LogP contribution in [0.5, 0.6) is 0 Å². The van der Waals surface area contributed by atoms with Gasteiger partial charge in [-0.3, -0.25) is 14.9 Å². The molecule has 0 saturated carbocycles. The van der Waals surface area contributed by atoms with Crippen LogP contribution in [0.3, 0.4) is 0 Å². The molecule has 1 rings (SSSR count). The van der Waals surface area contributed by atoms with Crippen molar-refractivity contribution in [2.45, 2.75) is 20.3 Å². The Kier molecular flexibility index (Phi) is 3.99. The summed E-state index contributed by atoms with van der Waals surface area (Å²) in [4.78, 5) is 21.7. The van der Waals surface area contributed by atoms with Crippen molar-refractivity contribution in [3.05, 3.63) is 39.4 Å². The first-order valence-electron chi connectivity index (χ1n) is 5.09. The third kappa shape index (κ3) is 2.79. The van der Waals surface area contributed by atoms with Crippen LogP contribution in [-0.2, 0) is 0 Å². The molecule has 0 radical (unpaired) electrons. The van der Waals surface area contributed by atoms with E-state index in [1.165, 1.54) is 12.1 Å². The van der Waals surface area contributed by atoms with E-state index in [0.29, 0.717) is 12.1 Å². The summed E-state index contributed by atoms with van der Waals surface area (Å²) in [5, 5.41) is 13.3. The molecular formula is C11H14N2O3. The normalized spacial score (nSPS) is 9.88. The van der Waals surface area contributed by atoms with Gasteiger partial charge >= 0.3 is 0 Å². The number of nitro benzene ring substituents is 1. The van der Waals surface area contributed by atoms with Crippen molar-refractivity contribution in [3.63, 3.8) is 0 Å². The van der Waals surface area contributed by atoms with Crippen LogP contribution in [-0.4, -0.2) is 17.4 Å². The number of non-ortho nitro benzene ring substituents is 1. The molecule has 0 fully saturated rings. The Morgan fingerprint density at radius 1 is 1.50 bits per heavy atom. The summed E-state index contributed by atoms with van der Waals surface area (Å²) in [6.07, 6.45) is 0.833. The van der Waals surface area contributed by atoms with Crippen molar-refractivity contribution in [3.8, 4) is 0 Å². The minimum Gasteiger partial charge on any atom is -0.352 e. The summed E-state index contributed by atoms with van der Waals surface area (Å²) in [7, 11) is 0. The number of aryl methyl sites for hydroxylation is 1. The number of rotatable bonds is 4. The third-order valence-electron chi connectivity index (χ3n) is 2.21. The van der Waals surface area contributed by atoms with Gasteiger partial charge in [0.05, 0.1) is 4.92 Å². The van der Waals surface area contributed by atoms with E-state index in [4.69, 9.17) is 0 Å². The minimum absolute atomic E-state index is 0.0627. The highest BCUT2D eigenvalue weighted by atomic mass is 16.6. The fraction of sp³-hybridized carbons (Fsp3) is 0.364. The largest absolute Gasteiger partial charge is 0.352 e. The standard InChI is InChI=1S/C11H14N2O3/c1-3-6-12-11(14)10-7-9(13(15)16)5-4-8(10)2/h4-5,7H,3,6H2,1-2H3,(H,12,14). The van der Waals surface area contributed by atoms with Gasteiger partial charge in [-0.15, -0.1) is 0 Å². The fourth-order valence-corrected chi connectivity index (χ4v) is 1.30. The lowest BCUT2D eigenvalue weighted by molar-refractivity contribution is -0.384. The van der Waals surface area contributed by atoms with E-state index in [1.807, 2.05) is 6.92 Å². The number of amides is 1. The number of nitrogens with zero attached hydrogens (tertiary/aromatic N) is 1. The van der Waals surface area contributed by atoms with E-state index in [-0.39, 0.29) is 11.6 Å². The number of hydrogen-bond donors (Lipinski definition) is 1. The summed E-state index contributed by atoms with van der Waals surface area (Å²) >= 11 is 0. The van der Waals surface area contributed by atoms with Gasteiger partial charge in [0.2, 0.25) is 0 Å². The maximum atomic E-state index is 11.7. The molecule has 5 heteroatoms. The van der Waals surface area contributed by atoms with Crippen LogP contribution < -0.4 is 5.32 Å². The van der Waals surface area contributed by atoms with Crippen molar-refractivity contribution < 1.29 is 9.72 Å². The van der Waals surface area contributed by atoms with Crippen molar-refractivity contribution >= 4 is 11.6 Å². The van der Waals surface area contributed by atoms with Crippen LogP contribution in [0.25, 0.3) is 0 Å². The maximum absolute atomic E-state index is 11.7. The second-order valence-corrected chi connectivity index (χ2v) is 3.51. The molecule has 1 aromatic carbocycles. The molecule has 0 bridgehead atoms. The summed E-state index contributed by atoms with van der Waals surface area (Å²) in [5.41, 5.74) is 1.04. The second kappa shape index (κ2) is 5.25. The van der Waals surface area contributed by atoms with Gasteiger partial charge in [-0.1, -0.05) is 13.0 Å². The zero-order valence-corrected chi connectivity index (χ0v) is 9.32. The molecule has 5 nitrogen and oxygen atoms in total. The number of carbonyl (C=O) groups excluding carboxylic acids is 1. The average Bonchev–Trinajstić information content (AvgIpc) is 2.26. The van der Waals surface area contributed by atoms with Crippen LogP contribution in [0, 0.1) is 17.0 Å². The summed E-state index contributed by atoms with van der Waals surface area (Å²) in [6.45, 7) is 4.27. The molecule has 86 valence electrons. The molecule has 0 aliphatic heterocycles. The highest BCUT2D eigenvalue weighted by Crippen LogP contribution is 2.17. The van der Waals surface area contributed by atoms with Crippen molar-refractivity contribution in [2.24, 2.45) is 0 Å². The molecule has 0 atom stereocenters. The summed E-state index contributed by atoms with van der Waals surface area (Å²) in [6, 6.07) is 4.28. The lowest BCUT2D eigenvalue weighted by Gasteiger charge is -2.06. The van der Waals surface area contributed by atoms with E-state index in [1.54, 1.807) is 13.0 Å². The molecule has 0 spiro atoms. The highest BCUT2D eigenvalue weighted by Gasteiger charge is 2.13. The number of carbonyl (C=O) groups is 1. The molecule has 0 saturated heterocycles. The Labute approximate surface area is 93.6 Å². The van der Waals surface area contributed by atoms with Gasteiger partial charge < -0.3 is 5.32 Å². The van der Waals surface area contributed by atoms with Crippen LogP contribution in [0.1, 0.15) is 29.3 Å². The van der Waals surface area contributed by atoms with Crippen LogP contribution >= 0.6 is 0 Å². The molecule has 0 aromatic heterocycles.